The van der Waals surface area contributed by atoms with Crippen molar-refractivity contribution in [1.29, 1.82) is 0 Å². The summed E-state index contributed by atoms with van der Waals surface area (Å²) in [4.78, 5) is 24.2. The molecule has 0 bridgehead atoms. The summed E-state index contributed by atoms with van der Waals surface area (Å²) in [5.74, 6) is 0. The molecule has 0 spiro atoms. The molecule has 6 nitrogen and oxygen atoms in total. The van der Waals surface area contributed by atoms with Gasteiger partial charge >= 0.3 is 12.3 Å². The minimum absolute atomic E-state index is 0.0827. The smallest absolute Gasteiger partial charge is 0.416 e. The number of aryl methyl sites for hydroxylation is 1. The molecule has 1 N–H and O–H groups in total. The number of nitrogens with one attached hydrogen (secondary N) is 1. The fourth-order valence-corrected chi connectivity index (χ4v) is 3.59. The second kappa shape index (κ2) is 9.73. The van der Waals surface area contributed by atoms with Crippen LogP contribution in [0.1, 0.15) is 16.7 Å². The first-order valence-corrected chi connectivity index (χ1v) is 10.1. The number of anilines is 1. The number of amides is 1. The Morgan fingerprint density at radius 1 is 1.09 bits per heavy atom. The van der Waals surface area contributed by atoms with Crippen molar-refractivity contribution in [2.75, 3.05) is 5.32 Å². The van der Waals surface area contributed by atoms with Crippen LogP contribution in [0.15, 0.2) is 76.5 Å². The molecule has 0 aromatic heterocycles. The molecule has 0 radical (unpaired) electrons. The Morgan fingerprint density at radius 3 is 2.47 bits per heavy atom. The number of hydrogen-bond donors (Lipinski definition) is 1. The number of ether oxygens (including phenoxy) is 1. The Kier molecular flexibility index (Phi) is 7.04. The molecule has 0 fully saturated rings. The zero-order chi connectivity index (χ0) is 23.3. The van der Waals surface area contributed by atoms with E-state index in [1.807, 2.05) is 31.2 Å². The number of rotatable bonds is 6. The van der Waals surface area contributed by atoms with E-state index in [1.54, 1.807) is 12.1 Å². The average molecular weight is 462 g/mol. The summed E-state index contributed by atoms with van der Waals surface area (Å²) in [6.45, 7) is 1.65. The standard InChI is InChI=1S/C22H17F3N2O4S/c1-14-5-8-18(9-6-14)32-20-10-7-15(11-19(20)27(29)30)13-31-21(28)26-17-4-2-3-16(12-17)22(23,24)25/h2-12H,13H2,1H3,(H,26,28). The summed E-state index contributed by atoms with van der Waals surface area (Å²) < 4.78 is 43.3. The summed E-state index contributed by atoms with van der Waals surface area (Å²) in [5.41, 5.74) is 0.298. The van der Waals surface area contributed by atoms with E-state index in [-0.39, 0.29) is 18.0 Å². The van der Waals surface area contributed by atoms with E-state index in [0.717, 1.165) is 28.7 Å². The van der Waals surface area contributed by atoms with Gasteiger partial charge in [0.1, 0.15) is 6.61 Å². The lowest BCUT2D eigenvalue weighted by atomic mass is 10.2. The predicted molar refractivity (Wildman–Crippen MR) is 114 cm³/mol. The molecule has 32 heavy (non-hydrogen) atoms. The summed E-state index contributed by atoms with van der Waals surface area (Å²) in [6, 6.07) is 16.1. The van der Waals surface area contributed by atoms with E-state index in [9.17, 15) is 28.1 Å². The lowest BCUT2D eigenvalue weighted by molar-refractivity contribution is -0.387. The molecule has 3 aromatic rings. The van der Waals surface area contributed by atoms with Gasteiger partial charge < -0.3 is 4.74 Å². The van der Waals surface area contributed by atoms with Gasteiger partial charge in [-0.3, -0.25) is 15.4 Å². The number of nitro benzene ring substituents is 1. The van der Waals surface area contributed by atoms with Gasteiger partial charge in [0.05, 0.1) is 15.4 Å². The fourth-order valence-electron chi connectivity index (χ4n) is 2.69. The second-order valence-corrected chi connectivity index (χ2v) is 7.87. The van der Waals surface area contributed by atoms with Gasteiger partial charge in [-0.15, -0.1) is 0 Å². The molecule has 0 unspecified atom stereocenters. The van der Waals surface area contributed by atoms with Gasteiger partial charge in [-0.2, -0.15) is 13.2 Å². The number of nitrogens with zero attached hydrogens (tertiary/aromatic N) is 1. The molecule has 166 valence electrons. The number of carbonyl (C=O) groups excluding carboxylic acids is 1. The zero-order valence-corrected chi connectivity index (χ0v) is 17.5. The van der Waals surface area contributed by atoms with Crippen molar-refractivity contribution in [3.05, 3.63) is 93.5 Å². The van der Waals surface area contributed by atoms with Crippen LogP contribution in [0.2, 0.25) is 0 Å². The van der Waals surface area contributed by atoms with Crippen molar-refractivity contribution in [3.63, 3.8) is 0 Å². The van der Waals surface area contributed by atoms with Crippen LogP contribution in [0.4, 0.5) is 29.3 Å². The van der Waals surface area contributed by atoms with Gasteiger partial charge in [0.2, 0.25) is 0 Å². The van der Waals surface area contributed by atoms with Crippen molar-refractivity contribution in [2.45, 2.75) is 29.5 Å². The molecule has 0 heterocycles. The molecule has 10 heteroatoms. The van der Waals surface area contributed by atoms with Crippen LogP contribution >= 0.6 is 11.8 Å². The van der Waals surface area contributed by atoms with Gasteiger partial charge in [0, 0.05) is 16.6 Å². The minimum atomic E-state index is -4.54. The third-order valence-corrected chi connectivity index (χ3v) is 5.35. The molecule has 3 aromatic carbocycles. The second-order valence-electron chi connectivity index (χ2n) is 6.75. The van der Waals surface area contributed by atoms with Crippen LogP contribution in [0, 0.1) is 17.0 Å². The van der Waals surface area contributed by atoms with Crippen LogP contribution in [0.25, 0.3) is 0 Å². The lowest BCUT2D eigenvalue weighted by Gasteiger charge is -2.11. The molecule has 3 rings (SSSR count). The Morgan fingerprint density at radius 2 is 1.81 bits per heavy atom. The molecular weight excluding hydrogens is 445 g/mol. The molecular formula is C22H17F3N2O4S. The maximum atomic E-state index is 12.8. The van der Waals surface area contributed by atoms with Crippen molar-refractivity contribution in [2.24, 2.45) is 0 Å². The number of hydrogen-bond acceptors (Lipinski definition) is 5. The van der Waals surface area contributed by atoms with E-state index in [4.69, 9.17) is 4.74 Å². The Labute approximate surface area is 185 Å². The van der Waals surface area contributed by atoms with Crippen LogP contribution in [0.5, 0.6) is 0 Å². The van der Waals surface area contributed by atoms with E-state index in [0.29, 0.717) is 10.5 Å². The highest BCUT2D eigenvalue weighted by Gasteiger charge is 2.30. The van der Waals surface area contributed by atoms with Crippen molar-refractivity contribution in [3.8, 4) is 0 Å². The van der Waals surface area contributed by atoms with Crippen LogP contribution in [-0.4, -0.2) is 11.0 Å². The Hall–Kier alpha value is -3.53. The first-order valence-electron chi connectivity index (χ1n) is 9.25. The summed E-state index contributed by atoms with van der Waals surface area (Å²) in [6.07, 6.45) is -5.52. The van der Waals surface area contributed by atoms with E-state index in [1.165, 1.54) is 23.9 Å². The first-order chi connectivity index (χ1) is 15.1. The van der Waals surface area contributed by atoms with E-state index >= 15 is 0 Å². The van der Waals surface area contributed by atoms with Gasteiger partial charge in [-0.05, 0) is 48.9 Å². The van der Waals surface area contributed by atoms with Crippen LogP contribution in [0.3, 0.4) is 0 Å². The third-order valence-electron chi connectivity index (χ3n) is 4.28. The fraction of sp³-hybridized carbons (Fsp3) is 0.136. The number of carbonyl (C=O) groups is 1. The topological polar surface area (TPSA) is 81.5 Å². The lowest BCUT2D eigenvalue weighted by Crippen LogP contribution is -2.14. The Bertz CT molecular complexity index is 1130. The normalized spacial score (nSPS) is 11.1. The van der Waals surface area contributed by atoms with E-state index in [2.05, 4.69) is 5.32 Å². The quantitative estimate of drug-likeness (QED) is 0.321. The maximum absolute atomic E-state index is 12.8. The first kappa shape index (κ1) is 23.1. The third kappa shape index (κ3) is 6.24. The molecule has 0 atom stereocenters. The number of nitro groups is 1. The molecule has 0 aliphatic heterocycles. The van der Waals surface area contributed by atoms with Crippen molar-refractivity contribution in [1.82, 2.24) is 0 Å². The summed E-state index contributed by atoms with van der Waals surface area (Å²) >= 11 is 1.24. The van der Waals surface area contributed by atoms with Gasteiger partial charge in [-0.25, -0.2) is 4.79 Å². The molecule has 0 aliphatic rings. The Balaban J connectivity index is 1.66. The maximum Gasteiger partial charge on any atom is 0.416 e. The van der Waals surface area contributed by atoms with Gasteiger partial charge in [0.25, 0.3) is 5.69 Å². The largest absolute Gasteiger partial charge is 0.444 e. The van der Waals surface area contributed by atoms with Crippen molar-refractivity contribution < 1.29 is 27.6 Å². The molecule has 1 amide bonds. The zero-order valence-electron chi connectivity index (χ0n) is 16.7. The SMILES string of the molecule is Cc1ccc(Sc2ccc(COC(=O)Nc3cccc(C(F)(F)F)c3)cc2[N+](=O)[O-])cc1. The van der Waals surface area contributed by atoms with E-state index < -0.39 is 22.8 Å². The van der Waals surface area contributed by atoms with Crippen LogP contribution < -0.4 is 5.32 Å². The number of benzene rings is 3. The highest BCUT2D eigenvalue weighted by atomic mass is 32.2. The van der Waals surface area contributed by atoms with Gasteiger partial charge in [-0.1, -0.05) is 41.6 Å². The minimum Gasteiger partial charge on any atom is -0.444 e. The highest BCUT2D eigenvalue weighted by molar-refractivity contribution is 7.99. The number of halogens is 3. The molecule has 0 saturated carbocycles. The number of alkyl halides is 3. The molecule has 0 saturated heterocycles. The highest BCUT2D eigenvalue weighted by Crippen LogP contribution is 2.35. The van der Waals surface area contributed by atoms with Crippen LogP contribution in [-0.2, 0) is 17.5 Å². The summed E-state index contributed by atoms with van der Waals surface area (Å²) in [7, 11) is 0. The van der Waals surface area contributed by atoms with Gasteiger partial charge in [0.15, 0.2) is 0 Å². The monoisotopic (exact) mass is 462 g/mol. The van der Waals surface area contributed by atoms with Crippen molar-refractivity contribution >= 4 is 29.2 Å². The molecule has 0 aliphatic carbocycles. The average Bonchev–Trinajstić information content (AvgIpc) is 2.74. The predicted octanol–water partition coefficient (Wildman–Crippen LogP) is 6.82. The summed E-state index contributed by atoms with van der Waals surface area (Å²) in [5, 5.41) is 13.7.